The number of para-hydroxylation sites is 1. The van der Waals surface area contributed by atoms with Crippen LogP contribution in [-0.4, -0.2) is 55.5 Å². The number of halogens is 1. The molecule has 8 nitrogen and oxygen atoms in total. The first-order chi connectivity index (χ1) is 12.7. The van der Waals surface area contributed by atoms with Gasteiger partial charge >= 0.3 is 11.7 Å². The Bertz CT molecular complexity index is 884. The highest BCUT2D eigenvalue weighted by Crippen LogP contribution is 2.27. The van der Waals surface area contributed by atoms with Crippen molar-refractivity contribution < 1.29 is 9.53 Å². The van der Waals surface area contributed by atoms with Gasteiger partial charge in [0.05, 0.1) is 16.3 Å². The summed E-state index contributed by atoms with van der Waals surface area (Å²) in [5.74, 6) is 0. The van der Waals surface area contributed by atoms with E-state index < -0.39 is 11.7 Å². The number of aromatic nitrogens is 4. The van der Waals surface area contributed by atoms with E-state index >= 15 is 0 Å². The first-order valence-electron chi connectivity index (χ1n) is 9.00. The molecule has 0 saturated carbocycles. The Morgan fingerprint density at radius 2 is 2.15 bits per heavy atom. The Kier molecular flexibility index (Phi) is 5.39. The second-order valence-corrected chi connectivity index (χ2v) is 7.72. The highest BCUT2D eigenvalue weighted by atomic mass is 35.5. The summed E-state index contributed by atoms with van der Waals surface area (Å²) in [6, 6.07) is 4.76. The zero-order chi connectivity index (χ0) is 19.8. The van der Waals surface area contributed by atoms with Crippen LogP contribution in [0.15, 0.2) is 23.0 Å². The van der Waals surface area contributed by atoms with Crippen molar-refractivity contribution in [2.24, 2.45) is 0 Å². The molecule has 0 bridgehead atoms. The molecule has 1 atom stereocenters. The number of aryl methyl sites for hydroxylation is 1. The molecule has 1 saturated heterocycles. The normalized spacial score (nSPS) is 19.1. The second kappa shape index (κ2) is 7.44. The van der Waals surface area contributed by atoms with E-state index in [0.29, 0.717) is 30.3 Å². The van der Waals surface area contributed by atoms with Crippen LogP contribution < -0.4 is 5.69 Å². The van der Waals surface area contributed by atoms with Crippen molar-refractivity contribution in [1.82, 2.24) is 24.7 Å². The molecule has 0 radical (unpaired) electrons. The smallest absolute Gasteiger partial charge is 0.375 e. The third-order valence-electron chi connectivity index (χ3n) is 4.86. The van der Waals surface area contributed by atoms with Crippen LogP contribution in [0.5, 0.6) is 0 Å². The molecule has 27 heavy (non-hydrogen) atoms. The number of ether oxygens (including phenoxy) is 1. The number of hydrogen-bond donors (Lipinski definition) is 0. The monoisotopic (exact) mass is 393 g/mol. The van der Waals surface area contributed by atoms with E-state index in [1.54, 1.807) is 17.0 Å². The summed E-state index contributed by atoms with van der Waals surface area (Å²) >= 11 is 6.22. The average molecular weight is 394 g/mol. The van der Waals surface area contributed by atoms with Gasteiger partial charge in [-0.15, -0.1) is 4.68 Å². The minimum Gasteiger partial charge on any atom is -0.375 e. The Morgan fingerprint density at radius 3 is 2.78 bits per heavy atom. The third kappa shape index (κ3) is 3.77. The fraction of sp³-hybridized carbons (Fsp3) is 0.556. The van der Waals surface area contributed by atoms with E-state index in [1.165, 1.54) is 0 Å². The van der Waals surface area contributed by atoms with Crippen molar-refractivity contribution in [1.29, 1.82) is 0 Å². The van der Waals surface area contributed by atoms with Crippen molar-refractivity contribution in [2.45, 2.75) is 52.2 Å². The molecular weight excluding hydrogens is 370 g/mol. The summed E-state index contributed by atoms with van der Waals surface area (Å²) < 4.78 is 7.60. The lowest BCUT2D eigenvalue weighted by atomic mass is 9.93. The average Bonchev–Trinajstić information content (AvgIpc) is 2.96. The maximum absolute atomic E-state index is 13.0. The predicted octanol–water partition coefficient (Wildman–Crippen LogP) is 2.64. The molecule has 0 N–H and O–H groups in total. The molecule has 146 valence electrons. The number of hydrogen-bond acceptors (Lipinski definition) is 5. The third-order valence-corrected chi connectivity index (χ3v) is 5.17. The summed E-state index contributed by atoms with van der Waals surface area (Å²) in [6.07, 6.45) is 1.41. The quantitative estimate of drug-likeness (QED) is 0.748. The number of tetrazole rings is 1. The molecule has 1 unspecified atom stereocenters. The lowest BCUT2D eigenvalue weighted by Gasteiger charge is -2.40. The van der Waals surface area contributed by atoms with Crippen LogP contribution in [0, 0.1) is 6.92 Å². The minimum atomic E-state index is -0.638. The molecule has 1 aliphatic rings. The lowest BCUT2D eigenvalue weighted by Crippen LogP contribution is -2.51. The van der Waals surface area contributed by atoms with Crippen LogP contribution in [-0.2, 0) is 4.74 Å². The minimum absolute atomic E-state index is 0.0228. The zero-order valence-corrected chi connectivity index (χ0v) is 16.7. The van der Waals surface area contributed by atoms with Gasteiger partial charge in [-0.25, -0.2) is 9.59 Å². The van der Waals surface area contributed by atoms with Crippen molar-refractivity contribution in [3.05, 3.63) is 39.3 Å². The van der Waals surface area contributed by atoms with Crippen molar-refractivity contribution in [3.8, 4) is 5.69 Å². The van der Waals surface area contributed by atoms with Gasteiger partial charge in [0.15, 0.2) is 0 Å². The topological polar surface area (TPSA) is 82.3 Å². The lowest BCUT2D eigenvalue weighted by molar-refractivity contribution is -0.0765. The highest BCUT2D eigenvalue weighted by Gasteiger charge is 2.35. The Hall–Kier alpha value is -2.19. The first-order valence-corrected chi connectivity index (χ1v) is 9.38. The fourth-order valence-corrected chi connectivity index (χ4v) is 3.84. The van der Waals surface area contributed by atoms with E-state index in [0.717, 1.165) is 21.3 Å². The molecule has 1 aromatic heterocycles. The molecule has 3 rings (SSSR count). The largest absolute Gasteiger partial charge is 0.377 e. The molecule has 9 heteroatoms. The Labute approximate surface area is 162 Å². The summed E-state index contributed by atoms with van der Waals surface area (Å²) in [6.45, 7) is 8.73. The number of amides is 1. The summed E-state index contributed by atoms with van der Waals surface area (Å²) in [5, 5.41) is 8.06. The van der Waals surface area contributed by atoms with Crippen LogP contribution in [0.1, 0.15) is 39.2 Å². The number of carbonyl (C=O) groups is 1. The fourth-order valence-electron chi connectivity index (χ4n) is 3.54. The van der Waals surface area contributed by atoms with Gasteiger partial charge in [-0.1, -0.05) is 23.7 Å². The van der Waals surface area contributed by atoms with Crippen LogP contribution in [0.4, 0.5) is 4.79 Å². The maximum Gasteiger partial charge on any atom is 0.377 e. The molecule has 0 aliphatic carbocycles. The van der Waals surface area contributed by atoms with Gasteiger partial charge in [0.1, 0.15) is 0 Å². The number of benzene rings is 1. The van der Waals surface area contributed by atoms with E-state index in [1.807, 2.05) is 33.8 Å². The molecule has 1 aromatic carbocycles. The van der Waals surface area contributed by atoms with Gasteiger partial charge < -0.3 is 9.64 Å². The van der Waals surface area contributed by atoms with E-state index in [4.69, 9.17) is 16.3 Å². The summed E-state index contributed by atoms with van der Waals surface area (Å²) in [5.41, 5.74) is 0.246. The SMILES string of the molecule is CCN(C(=O)n1nnn(-c2c(C)cccc2Cl)c1=O)C1CCOC(C)(C)C1. The predicted molar refractivity (Wildman–Crippen MR) is 102 cm³/mol. The van der Waals surface area contributed by atoms with Crippen molar-refractivity contribution >= 4 is 17.6 Å². The van der Waals surface area contributed by atoms with E-state index in [-0.39, 0.29) is 11.6 Å². The molecule has 1 aliphatic heterocycles. The van der Waals surface area contributed by atoms with Gasteiger partial charge in [-0.3, -0.25) is 0 Å². The number of carbonyl (C=O) groups excluding carboxylic acids is 1. The molecule has 2 heterocycles. The molecular formula is C18H24ClN5O3. The zero-order valence-electron chi connectivity index (χ0n) is 16.0. The standard InChI is InChI=1S/C18H24ClN5O3/c1-5-22(13-9-10-27-18(3,4)11-13)16(25)24-17(26)23(20-21-24)15-12(2)7-6-8-14(15)19/h6-8,13H,5,9-11H2,1-4H3. The Balaban J connectivity index is 1.94. The Morgan fingerprint density at radius 1 is 1.41 bits per heavy atom. The van der Waals surface area contributed by atoms with Gasteiger partial charge in [0.25, 0.3) is 0 Å². The second-order valence-electron chi connectivity index (χ2n) is 7.31. The van der Waals surface area contributed by atoms with E-state index in [2.05, 4.69) is 10.4 Å². The summed E-state index contributed by atoms with van der Waals surface area (Å²) in [7, 11) is 0. The van der Waals surface area contributed by atoms with Crippen LogP contribution in [0.25, 0.3) is 5.69 Å². The van der Waals surface area contributed by atoms with E-state index in [9.17, 15) is 9.59 Å². The molecule has 1 fully saturated rings. The first kappa shape index (κ1) is 19.6. The highest BCUT2D eigenvalue weighted by molar-refractivity contribution is 6.32. The van der Waals surface area contributed by atoms with Gasteiger partial charge in [0, 0.05) is 19.2 Å². The maximum atomic E-state index is 13.0. The van der Waals surface area contributed by atoms with Gasteiger partial charge in [-0.2, -0.15) is 4.68 Å². The van der Waals surface area contributed by atoms with Gasteiger partial charge in [-0.05, 0) is 62.6 Å². The summed E-state index contributed by atoms with van der Waals surface area (Å²) in [4.78, 5) is 27.5. The van der Waals surface area contributed by atoms with Crippen LogP contribution in [0.2, 0.25) is 5.02 Å². The molecule has 1 amide bonds. The number of rotatable bonds is 3. The molecule has 0 spiro atoms. The van der Waals surface area contributed by atoms with Gasteiger partial charge in [0.2, 0.25) is 0 Å². The van der Waals surface area contributed by atoms with Crippen LogP contribution >= 0.6 is 11.6 Å². The van der Waals surface area contributed by atoms with Crippen molar-refractivity contribution in [2.75, 3.05) is 13.2 Å². The van der Waals surface area contributed by atoms with Crippen molar-refractivity contribution in [3.63, 3.8) is 0 Å². The van der Waals surface area contributed by atoms with Crippen LogP contribution in [0.3, 0.4) is 0 Å². The molecule has 2 aromatic rings. The number of nitrogens with zero attached hydrogens (tertiary/aromatic N) is 5.